The Kier molecular flexibility index (Phi) is 6.53. The normalized spacial score (nSPS) is 12.0. The van der Waals surface area contributed by atoms with Gasteiger partial charge in [0.15, 0.2) is 0 Å². The van der Waals surface area contributed by atoms with Gasteiger partial charge in [-0.05, 0) is 62.6 Å². The third-order valence-corrected chi connectivity index (χ3v) is 5.53. The highest BCUT2D eigenvalue weighted by Gasteiger charge is 2.16. The molecule has 0 saturated heterocycles. The molecule has 1 N–H and O–H groups in total. The fourth-order valence-electron chi connectivity index (χ4n) is 3.74. The summed E-state index contributed by atoms with van der Waals surface area (Å²) >= 11 is 0. The minimum absolute atomic E-state index is 0.0186. The highest BCUT2D eigenvalue weighted by Crippen LogP contribution is 2.22. The van der Waals surface area contributed by atoms with Crippen molar-refractivity contribution in [1.29, 1.82) is 0 Å². The Morgan fingerprint density at radius 3 is 2.52 bits per heavy atom. The van der Waals surface area contributed by atoms with Crippen LogP contribution in [0.5, 0.6) is 5.75 Å². The number of carbonyl (C=O) groups is 1. The monoisotopic (exact) mass is 445 g/mol. The summed E-state index contributed by atoms with van der Waals surface area (Å²) in [7, 11) is 1.61. The molecule has 1 amide bonds. The quantitative estimate of drug-likeness (QED) is 0.450. The molecule has 0 aliphatic heterocycles. The van der Waals surface area contributed by atoms with E-state index in [4.69, 9.17) is 4.74 Å². The van der Waals surface area contributed by atoms with Crippen LogP contribution in [0, 0.1) is 6.92 Å². The van der Waals surface area contributed by atoms with Gasteiger partial charge in [0.05, 0.1) is 12.8 Å². The lowest BCUT2D eigenvalue weighted by Gasteiger charge is -2.14. The van der Waals surface area contributed by atoms with Crippen molar-refractivity contribution in [1.82, 2.24) is 24.7 Å². The summed E-state index contributed by atoms with van der Waals surface area (Å²) < 4.78 is 7.90. The van der Waals surface area contributed by atoms with Crippen LogP contribution in [0.25, 0.3) is 16.8 Å². The molecule has 170 valence electrons. The van der Waals surface area contributed by atoms with Crippen LogP contribution in [0.15, 0.2) is 65.5 Å². The molecule has 0 spiro atoms. The molecular weight excluding hydrogens is 418 g/mol. The van der Waals surface area contributed by atoms with Crippen molar-refractivity contribution in [3.63, 3.8) is 0 Å². The van der Waals surface area contributed by atoms with Crippen molar-refractivity contribution in [2.24, 2.45) is 0 Å². The number of carbonyl (C=O) groups excluding carboxylic acids is 1. The second-order valence-electron chi connectivity index (χ2n) is 8.06. The summed E-state index contributed by atoms with van der Waals surface area (Å²) in [6.45, 7) is 3.58. The third kappa shape index (κ3) is 5.11. The number of rotatable bonds is 8. The first-order valence-corrected chi connectivity index (χ1v) is 10.9. The van der Waals surface area contributed by atoms with Gasteiger partial charge in [-0.3, -0.25) is 9.59 Å². The van der Waals surface area contributed by atoms with Crippen LogP contribution in [-0.2, 0) is 17.8 Å². The van der Waals surface area contributed by atoms with Gasteiger partial charge >= 0.3 is 0 Å². The summed E-state index contributed by atoms with van der Waals surface area (Å²) in [5.74, 6) is 1.02. The van der Waals surface area contributed by atoms with Crippen molar-refractivity contribution in [2.75, 3.05) is 7.11 Å². The van der Waals surface area contributed by atoms with Crippen LogP contribution in [-0.4, -0.2) is 38.5 Å². The predicted octanol–water partition coefficient (Wildman–Crippen LogP) is 3.01. The zero-order valence-corrected chi connectivity index (χ0v) is 19.0. The molecule has 0 fully saturated rings. The van der Waals surface area contributed by atoms with Crippen molar-refractivity contribution in [2.45, 2.75) is 39.3 Å². The number of methoxy groups -OCH3 is 1. The van der Waals surface area contributed by atoms with E-state index < -0.39 is 0 Å². The van der Waals surface area contributed by atoms with Gasteiger partial charge in [0, 0.05) is 11.6 Å². The van der Waals surface area contributed by atoms with Crippen molar-refractivity contribution < 1.29 is 9.53 Å². The Balaban J connectivity index is 1.47. The summed E-state index contributed by atoms with van der Waals surface area (Å²) in [5.41, 5.74) is 2.75. The van der Waals surface area contributed by atoms with E-state index in [-0.39, 0.29) is 24.1 Å². The number of aromatic nitrogens is 4. The molecule has 4 rings (SSSR count). The zero-order valence-electron chi connectivity index (χ0n) is 19.0. The van der Waals surface area contributed by atoms with Crippen LogP contribution >= 0.6 is 0 Å². The van der Waals surface area contributed by atoms with Crippen molar-refractivity contribution >= 4 is 11.4 Å². The largest absolute Gasteiger partial charge is 0.497 e. The van der Waals surface area contributed by atoms with E-state index in [0.717, 1.165) is 24.2 Å². The average Bonchev–Trinajstić information content (AvgIpc) is 3.28. The molecule has 0 bridgehead atoms. The number of ether oxygens (including phenoxy) is 1. The molecule has 8 heteroatoms. The fourth-order valence-corrected chi connectivity index (χ4v) is 3.74. The number of nitrogens with one attached hydrogen (secondary N) is 1. The highest BCUT2D eigenvalue weighted by atomic mass is 16.5. The SMILES string of the molecule is COc1ccc(-c2cc3c(=O)n(CC(=O)N[C@H](C)CCc4ccccc4)nc(C)n3n2)cc1. The topological polar surface area (TPSA) is 90.5 Å². The second kappa shape index (κ2) is 9.68. The first-order valence-electron chi connectivity index (χ1n) is 10.9. The lowest BCUT2D eigenvalue weighted by Crippen LogP contribution is -2.39. The molecule has 1 atom stereocenters. The molecule has 0 unspecified atom stereocenters. The van der Waals surface area contributed by atoms with E-state index in [1.54, 1.807) is 20.1 Å². The number of fused-ring (bicyclic) bond motifs is 1. The molecule has 0 aliphatic rings. The first-order chi connectivity index (χ1) is 15.9. The molecule has 8 nitrogen and oxygen atoms in total. The third-order valence-electron chi connectivity index (χ3n) is 5.53. The maximum absolute atomic E-state index is 13.0. The number of benzene rings is 2. The molecule has 2 heterocycles. The molecule has 2 aromatic heterocycles. The molecule has 2 aromatic carbocycles. The number of hydrogen-bond acceptors (Lipinski definition) is 5. The minimum Gasteiger partial charge on any atom is -0.497 e. The van der Waals surface area contributed by atoms with Gasteiger partial charge in [-0.25, -0.2) is 9.20 Å². The Bertz CT molecular complexity index is 1310. The maximum Gasteiger partial charge on any atom is 0.293 e. The Morgan fingerprint density at radius 2 is 1.82 bits per heavy atom. The van der Waals surface area contributed by atoms with Gasteiger partial charge in [0.1, 0.15) is 23.6 Å². The number of aryl methyl sites for hydroxylation is 2. The van der Waals surface area contributed by atoms with E-state index in [1.165, 1.54) is 14.8 Å². The van der Waals surface area contributed by atoms with E-state index in [2.05, 4.69) is 27.6 Å². The van der Waals surface area contributed by atoms with E-state index in [9.17, 15) is 9.59 Å². The number of nitrogens with zero attached hydrogens (tertiary/aromatic N) is 4. The van der Waals surface area contributed by atoms with Crippen LogP contribution in [0.4, 0.5) is 0 Å². The lowest BCUT2D eigenvalue weighted by molar-refractivity contribution is -0.122. The van der Waals surface area contributed by atoms with Gasteiger partial charge in [0.25, 0.3) is 5.56 Å². The Labute approximate surface area is 191 Å². The smallest absolute Gasteiger partial charge is 0.293 e. The van der Waals surface area contributed by atoms with Gasteiger partial charge < -0.3 is 10.1 Å². The molecule has 0 radical (unpaired) electrons. The van der Waals surface area contributed by atoms with E-state index in [1.807, 2.05) is 49.4 Å². The second-order valence-corrected chi connectivity index (χ2v) is 8.06. The maximum atomic E-state index is 13.0. The summed E-state index contributed by atoms with van der Waals surface area (Å²) in [6.07, 6.45) is 1.68. The lowest BCUT2D eigenvalue weighted by atomic mass is 10.1. The molecule has 4 aromatic rings. The van der Waals surface area contributed by atoms with E-state index >= 15 is 0 Å². The van der Waals surface area contributed by atoms with Crippen LogP contribution in [0.1, 0.15) is 24.7 Å². The average molecular weight is 446 g/mol. The van der Waals surface area contributed by atoms with Crippen LogP contribution in [0.3, 0.4) is 0 Å². The number of hydrogen-bond donors (Lipinski definition) is 1. The minimum atomic E-state index is -0.361. The van der Waals surface area contributed by atoms with Crippen LogP contribution in [0.2, 0.25) is 0 Å². The van der Waals surface area contributed by atoms with Gasteiger partial charge in [-0.15, -0.1) is 0 Å². The summed E-state index contributed by atoms with van der Waals surface area (Å²) in [4.78, 5) is 25.6. The molecular formula is C25H27N5O3. The fraction of sp³-hybridized carbons (Fsp3) is 0.280. The van der Waals surface area contributed by atoms with Crippen molar-refractivity contribution in [3.8, 4) is 17.0 Å². The standard InChI is InChI=1S/C25H27N5O3/c1-17(9-10-19-7-5-4-6-8-19)26-24(31)16-29-25(32)23-15-22(28-30(23)18(2)27-29)20-11-13-21(33-3)14-12-20/h4-8,11-15,17H,9-10,16H2,1-3H3,(H,26,31)/t17-/m1/s1. The van der Waals surface area contributed by atoms with Gasteiger partial charge in [0.2, 0.25) is 5.91 Å². The first kappa shape index (κ1) is 22.3. The summed E-state index contributed by atoms with van der Waals surface area (Å²) in [5, 5.41) is 11.8. The molecule has 33 heavy (non-hydrogen) atoms. The zero-order chi connectivity index (χ0) is 23.4. The molecule has 0 saturated carbocycles. The predicted molar refractivity (Wildman–Crippen MR) is 126 cm³/mol. The highest BCUT2D eigenvalue weighted by molar-refractivity contribution is 5.76. The van der Waals surface area contributed by atoms with E-state index in [0.29, 0.717) is 17.0 Å². The Hall–Kier alpha value is -3.94. The van der Waals surface area contributed by atoms with Crippen LogP contribution < -0.4 is 15.6 Å². The molecule has 0 aliphatic carbocycles. The number of amides is 1. The summed E-state index contributed by atoms with van der Waals surface area (Å²) in [6, 6.07) is 19.3. The van der Waals surface area contributed by atoms with Gasteiger partial charge in [-0.1, -0.05) is 30.3 Å². The Morgan fingerprint density at radius 1 is 1.09 bits per heavy atom. The van der Waals surface area contributed by atoms with Crippen molar-refractivity contribution in [3.05, 3.63) is 82.4 Å². The van der Waals surface area contributed by atoms with Gasteiger partial charge in [-0.2, -0.15) is 10.2 Å².